The van der Waals surface area contributed by atoms with Crippen molar-refractivity contribution < 1.29 is 9.21 Å². The van der Waals surface area contributed by atoms with E-state index in [1.165, 1.54) is 5.56 Å². The fourth-order valence-corrected chi connectivity index (χ4v) is 4.14. The van der Waals surface area contributed by atoms with Gasteiger partial charge in [0.2, 0.25) is 5.89 Å². The molecule has 0 radical (unpaired) electrons. The fraction of sp³-hybridized carbons (Fsp3) is 0.217. The zero-order valence-corrected chi connectivity index (χ0v) is 17.2. The maximum absolute atomic E-state index is 13.1. The number of fused-ring (bicyclic) bond motifs is 1. The highest BCUT2D eigenvalue weighted by Gasteiger charge is 2.40. The average Bonchev–Trinajstić information content (AvgIpc) is 3.35. The number of benzene rings is 2. The van der Waals surface area contributed by atoms with Crippen LogP contribution in [-0.2, 0) is 11.3 Å². The molecule has 1 fully saturated rings. The van der Waals surface area contributed by atoms with Crippen molar-refractivity contribution in [3.05, 3.63) is 89.0 Å². The van der Waals surface area contributed by atoms with Crippen molar-refractivity contribution in [2.24, 2.45) is 0 Å². The molecular weight excluding hydrogens is 400 g/mol. The Kier molecular flexibility index (Phi) is 4.81. The van der Waals surface area contributed by atoms with Crippen LogP contribution in [0.5, 0.6) is 0 Å². The predicted octanol–water partition coefficient (Wildman–Crippen LogP) is 4.44. The number of aromatic nitrogens is 1. The first-order valence-electron chi connectivity index (χ1n) is 9.89. The Balaban J connectivity index is 1.33. The molecule has 3 heterocycles. The van der Waals surface area contributed by atoms with Gasteiger partial charge in [-0.25, -0.2) is 10.4 Å². The molecule has 1 N–H and O–H groups in total. The number of hydrogen-bond donors (Lipinski definition) is 1. The Morgan fingerprint density at radius 1 is 1.17 bits per heavy atom. The lowest BCUT2D eigenvalue weighted by atomic mass is 10.0. The number of carbonyl (C=O) groups is 1. The summed E-state index contributed by atoms with van der Waals surface area (Å²) in [7, 11) is 0. The van der Waals surface area contributed by atoms with E-state index in [1.54, 1.807) is 11.1 Å². The maximum Gasteiger partial charge on any atom is 0.251 e. The maximum atomic E-state index is 13.1. The second-order valence-electron chi connectivity index (χ2n) is 7.55. The van der Waals surface area contributed by atoms with E-state index in [2.05, 4.69) is 22.5 Å². The number of hydrogen-bond acceptors (Lipinski definition) is 5. The first-order chi connectivity index (χ1) is 14.6. The second kappa shape index (κ2) is 7.63. The van der Waals surface area contributed by atoms with Gasteiger partial charge in [0, 0.05) is 23.0 Å². The van der Waals surface area contributed by atoms with Crippen LogP contribution in [0.4, 0.5) is 0 Å². The monoisotopic (exact) mass is 420 g/mol. The summed E-state index contributed by atoms with van der Waals surface area (Å²) < 4.78 is 5.84. The molecule has 1 saturated heterocycles. The Morgan fingerprint density at radius 3 is 2.80 bits per heavy atom. The standard InChI is InChI=1S/C23H21ClN4O2/c1-15-20(25-22(30-15)17-8-5-9-18(24)12-17)14-27-10-11-28-21(23(27)29)13-19(26-28)16-6-3-2-4-7-16/h2-12,19,21,26H,13-14H2,1H3. The summed E-state index contributed by atoms with van der Waals surface area (Å²) in [6, 6.07) is 17.5. The van der Waals surface area contributed by atoms with Gasteiger partial charge in [-0.2, -0.15) is 0 Å². The van der Waals surface area contributed by atoms with Crippen LogP contribution in [0.2, 0.25) is 5.02 Å². The molecule has 1 aromatic heterocycles. The molecule has 6 nitrogen and oxygen atoms in total. The minimum atomic E-state index is -0.236. The average molecular weight is 421 g/mol. The lowest BCUT2D eigenvalue weighted by Crippen LogP contribution is -2.47. The van der Waals surface area contributed by atoms with Gasteiger partial charge >= 0.3 is 0 Å². The predicted molar refractivity (Wildman–Crippen MR) is 114 cm³/mol. The Hall–Kier alpha value is -3.09. The van der Waals surface area contributed by atoms with Crippen molar-refractivity contribution in [2.45, 2.75) is 32.0 Å². The van der Waals surface area contributed by atoms with Crippen LogP contribution in [0.1, 0.15) is 29.5 Å². The molecule has 0 spiro atoms. The Bertz CT molecular complexity index is 1110. The van der Waals surface area contributed by atoms with Gasteiger partial charge < -0.3 is 14.3 Å². The van der Waals surface area contributed by atoms with Crippen LogP contribution in [0.3, 0.4) is 0 Å². The lowest BCUT2D eigenvalue weighted by molar-refractivity contribution is -0.135. The van der Waals surface area contributed by atoms with Gasteiger partial charge in [-0.3, -0.25) is 4.79 Å². The van der Waals surface area contributed by atoms with E-state index in [-0.39, 0.29) is 18.0 Å². The highest BCUT2D eigenvalue weighted by Crippen LogP contribution is 2.32. The fourth-order valence-electron chi connectivity index (χ4n) is 3.95. The topological polar surface area (TPSA) is 61.6 Å². The molecule has 0 aliphatic carbocycles. The van der Waals surface area contributed by atoms with Crippen molar-refractivity contribution >= 4 is 17.5 Å². The molecule has 2 aliphatic rings. The molecule has 30 heavy (non-hydrogen) atoms. The largest absolute Gasteiger partial charge is 0.441 e. The summed E-state index contributed by atoms with van der Waals surface area (Å²) in [6.45, 7) is 2.23. The van der Waals surface area contributed by atoms with Crippen LogP contribution in [0.25, 0.3) is 11.5 Å². The van der Waals surface area contributed by atoms with Gasteiger partial charge in [0.25, 0.3) is 5.91 Å². The summed E-state index contributed by atoms with van der Waals surface area (Å²) in [4.78, 5) is 19.5. The van der Waals surface area contributed by atoms with Gasteiger partial charge in [0.1, 0.15) is 17.5 Å². The van der Waals surface area contributed by atoms with E-state index in [9.17, 15) is 4.79 Å². The van der Waals surface area contributed by atoms with Gasteiger partial charge in [0.15, 0.2) is 0 Å². The third-order valence-corrected chi connectivity index (χ3v) is 5.80. The molecule has 2 unspecified atom stereocenters. The summed E-state index contributed by atoms with van der Waals surface area (Å²) in [5.41, 5.74) is 6.15. The molecule has 2 aromatic carbocycles. The van der Waals surface area contributed by atoms with Gasteiger partial charge in [0.05, 0.1) is 12.6 Å². The van der Waals surface area contributed by atoms with E-state index in [1.807, 2.05) is 60.6 Å². The van der Waals surface area contributed by atoms with Crippen molar-refractivity contribution in [1.29, 1.82) is 0 Å². The number of rotatable bonds is 4. The zero-order valence-electron chi connectivity index (χ0n) is 16.5. The highest BCUT2D eigenvalue weighted by atomic mass is 35.5. The van der Waals surface area contributed by atoms with E-state index in [4.69, 9.17) is 16.0 Å². The first-order valence-corrected chi connectivity index (χ1v) is 10.3. The number of aryl methyl sites for hydroxylation is 1. The number of oxazole rings is 1. The number of nitrogens with one attached hydrogen (secondary N) is 1. The Morgan fingerprint density at radius 2 is 2.00 bits per heavy atom. The molecule has 1 amide bonds. The van der Waals surface area contributed by atoms with Gasteiger partial charge in [-0.1, -0.05) is 48.0 Å². The SMILES string of the molecule is Cc1oc(-c2cccc(Cl)c2)nc1CN1C=CN2NC(c3ccccc3)CC2C1=O. The first kappa shape index (κ1) is 18.9. The Labute approximate surface area is 179 Å². The van der Waals surface area contributed by atoms with Crippen LogP contribution >= 0.6 is 11.6 Å². The molecule has 7 heteroatoms. The second-order valence-corrected chi connectivity index (χ2v) is 7.98. The minimum Gasteiger partial charge on any atom is -0.441 e. The summed E-state index contributed by atoms with van der Waals surface area (Å²) in [5.74, 6) is 1.25. The van der Waals surface area contributed by atoms with Crippen molar-refractivity contribution in [2.75, 3.05) is 0 Å². The zero-order chi connectivity index (χ0) is 20.7. The van der Waals surface area contributed by atoms with Crippen LogP contribution in [0, 0.1) is 6.92 Å². The van der Waals surface area contributed by atoms with E-state index < -0.39 is 0 Å². The minimum absolute atomic E-state index is 0.0511. The van der Waals surface area contributed by atoms with Crippen LogP contribution in [0.15, 0.2) is 71.4 Å². The third kappa shape index (κ3) is 3.49. The quantitative estimate of drug-likeness (QED) is 0.676. The smallest absolute Gasteiger partial charge is 0.251 e. The molecule has 0 bridgehead atoms. The van der Waals surface area contributed by atoms with Crippen LogP contribution < -0.4 is 5.43 Å². The summed E-state index contributed by atoms with van der Waals surface area (Å²) >= 11 is 6.08. The number of hydrazine groups is 1. The van der Waals surface area contributed by atoms with Crippen LogP contribution in [-0.4, -0.2) is 26.8 Å². The molecular formula is C23H21ClN4O2. The normalized spacial score (nSPS) is 20.7. The molecule has 5 rings (SSSR count). The van der Waals surface area contributed by atoms with Crippen molar-refractivity contribution in [3.63, 3.8) is 0 Å². The number of halogens is 1. The third-order valence-electron chi connectivity index (χ3n) is 5.56. The van der Waals surface area contributed by atoms with E-state index >= 15 is 0 Å². The number of carbonyl (C=O) groups excluding carboxylic acids is 1. The van der Waals surface area contributed by atoms with E-state index in [0.717, 1.165) is 17.7 Å². The molecule has 3 aromatic rings. The lowest BCUT2D eigenvalue weighted by Gasteiger charge is -2.31. The molecule has 0 saturated carbocycles. The van der Waals surface area contributed by atoms with Crippen molar-refractivity contribution in [3.8, 4) is 11.5 Å². The molecule has 2 atom stereocenters. The number of amides is 1. The highest BCUT2D eigenvalue weighted by molar-refractivity contribution is 6.30. The summed E-state index contributed by atoms with van der Waals surface area (Å²) in [5, 5.41) is 2.53. The molecule has 152 valence electrons. The van der Waals surface area contributed by atoms with E-state index in [0.29, 0.717) is 23.2 Å². The summed E-state index contributed by atoms with van der Waals surface area (Å²) in [6.07, 6.45) is 4.43. The molecule has 2 aliphatic heterocycles. The number of nitrogens with zero attached hydrogens (tertiary/aromatic N) is 3. The van der Waals surface area contributed by atoms with Gasteiger partial charge in [-0.15, -0.1) is 0 Å². The van der Waals surface area contributed by atoms with Crippen molar-refractivity contribution in [1.82, 2.24) is 20.3 Å². The van der Waals surface area contributed by atoms with Gasteiger partial charge in [-0.05, 0) is 37.1 Å².